The van der Waals surface area contributed by atoms with E-state index in [-0.39, 0.29) is 0 Å². The Labute approximate surface area is 102 Å². The molecule has 17 heavy (non-hydrogen) atoms. The van der Waals surface area contributed by atoms with E-state index >= 15 is 0 Å². The van der Waals surface area contributed by atoms with Crippen LogP contribution in [0.4, 0.5) is 0 Å². The van der Waals surface area contributed by atoms with E-state index < -0.39 is 0 Å². The number of pyridine rings is 1. The minimum Gasteiger partial charge on any atom is -0.492 e. The molecule has 3 nitrogen and oxygen atoms in total. The predicted octanol–water partition coefficient (Wildman–Crippen LogP) is 2.61. The monoisotopic (exact) mass is 230 g/mol. The summed E-state index contributed by atoms with van der Waals surface area (Å²) in [5.74, 6) is 0.911. The molecule has 2 aromatic rings. The van der Waals surface area contributed by atoms with E-state index in [1.807, 2.05) is 30.3 Å². The fourth-order valence-electron chi connectivity index (χ4n) is 1.74. The molecule has 1 heterocycles. The van der Waals surface area contributed by atoms with Gasteiger partial charge in [0.15, 0.2) is 0 Å². The van der Waals surface area contributed by atoms with E-state index in [1.54, 1.807) is 6.20 Å². The van der Waals surface area contributed by atoms with Crippen LogP contribution in [0.3, 0.4) is 0 Å². The predicted molar refractivity (Wildman–Crippen MR) is 70.4 cm³/mol. The van der Waals surface area contributed by atoms with Crippen LogP contribution in [-0.4, -0.2) is 24.7 Å². The second-order valence-electron chi connectivity index (χ2n) is 3.92. The standard InChI is InChI=1S/C14H18N2O/c1-2-8-15-10-11-17-14-7-3-6-13-12(14)5-4-9-16-13/h3-7,9,15H,2,8,10-11H2,1H3. The van der Waals surface area contributed by atoms with Gasteiger partial charge >= 0.3 is 0 Å². The van der Waals surface area contributed by atoms with Gasteiger partial charge in [-0.05, 0) is 37.2 Å². The number of ether oxygens (including phenoxy) is 1. The highest BCUT2D eigenvalue weighted by Crippen LogP contribution is 2.23. The van der Waals surface area contributed by atoms with E-state index in [4.69, 9.17) is 4.74 Å². The molecule has 1 N–H and O–H groups in total. The van der Waals surface area contributed by atoms with Crippen molar-refractivity contribution >= 4 is 10.9 Å². The van der Waals surface area contributed by atoms with Crippen molar-refractivity contribution in [3.8, 4) is 5.75 Å². The third kappa shape index (κ3) is 3.17. The van der Waals surface area contributed by atoms with Crippen molar-refractivity contribution in [2.45, 2.75) is 13.3 Å². The molecule has 1 aromatic heterocycles. The van der Waals surface area contributed by atoms with Crippen molar-refractivity contribution in [3.05, 3.63) is 36.5 Å². The lowest BCUT2D eigenvalue weighted by atomic mass is 10.2. The molecule has 3 heteroatoms. The maximum absolute atomic E-state index is 5.76. The molecule has 0 saturated carbocycles. The smallest absolute Gasteiger partial charge is 0.128 e. The van der Waals surface area contributed by atoms with E-state index in [0.29, 0.717) is 6.61 Å². The first-order chi connectivity index (χ1) is 8.42. The number of aromatic nitrogens is 1. The number of hydrogen-bond donors (Lipinski definition) is 1. The van der Waals surface area contributed by atoms with Gasteiger partial charge in [-0.15, -0.1) is 0 Å². The molecule has 0 radical (unpaired) electrons. The quantitative estimate of drug-likeness (QED) is 0.775. The van der Waals surface area contributed by atoms with Gasteiger partial charge in [-0.25, -0.2) is 0 Å². The Balaban J connectivity index is 1.98. The van der Waals surface area contributed by atoms with Crippen LogP contribution in [0, 0.1) is 0 Å². The van der Waals surface area contributed by atoms with Crippen molar-refractivity contribution in [3.63, 3.8) is 0 Å². The number of benzene rings is 1. The molecular formula is C14H18N2O. The molecule has 0 atom stereocenters. The second kappa shape index (κ2) is 6.21. The maximum Gasteiger partial charge on any atom is 0.128 e. The van der Waals surface area contributed by atoms with Crippen molar-refractivity contribution in [1.29, 1.82) is 0 Å². The first-order valence-electron chi connectivity index (χ1n) is 6.09. The largest absolute Gasteiger partial charge is 0.492 e. The highest BCUT2D eigenvalue weighted by Gasteiger charge is 2.01. The van der Waals surface area contributed by atoms with Crippen LogP contribution >= 0.6 is 0 Å². The average Bonchev–Trinajstić information content (AvgIpc) is 2.39. The third-order valence-electron chi connectivity index (χ3n) is 2.57. The normalized spacial score (nSPS) is 10.6. The summed E-state index contributed by atoms with van der Waals surface area (Å²) in [6, 6.07) is 9.94. The van der Waals surface area contributed by atoms with Crippen LogP contribution in [0.2, 0.25) is 0 Å². The number of nitrogens with one attached hydrogen (secondary N) is 1. The highest BCUT2D eigenvalue weighted by molar-refractivity contribution is 5.84. The molecule has 0 saturated heterocycles. The molecule has 0 bridgehead atoms. The third-order valence-corrected chi connectivity index (χ3v) is 2.57. The van der Waals surface area contributed by atoms with Gasteiger partial charge in [-0.1, -0.05) is 13.0 Å². The zero-order valence-corrected chi connectivity index (χ0v) is 10.1. The molecule has 90 valence electrons. The van der Waals surface area contributed by atoms with E-state index in [2.05, 4.69) is 17.2 Å². The zero-order chi connectivity index (χ0) is 11.9. The fraction of sp³-hybridized carbons (Fsp3) is 0.357. The highest BCUT2D eigenvalue weighted by atomic mass is 16.5. The van der Waals surface area contributed by atoms with Gasteiger partial charge in [-0.2, -0.15) is 0 Å². The summed E-state index contributed by atoms with van der Waals surface area (Å²) in [6.07, 6.45) is 2.95. The van der Waals surface area contributed by atoms with E-state index in [9.17, 15) is 0 Å². The molecule has 1 aromatic carbocycles. The van der Waals surface area contributed by atoms with Gasteiger partial charge in [0.05, 0.1) is 5.52 Å². The minimum absolute atomic E-state index is 0.688. The number of fused-ring (bicyclic) bond motifs is 1. The second-order valence-corrected chi connectivity index (χ2v) is 3.92. The summed E-state index contributed by atoms with van der Waals surface area (Å²) in [4.78, 5) is 4.30. The summed E-state index contributed by atoms with van der Waals surface area (Å²) >= 11 is 0. The lowest BCUT2D eigenvalue weighted by Crippen LogP contribution is -2.21. The first kappa shape index (κ1) is 11.9. The lowest BCUT2D eigenvalue weighted by molar-refractivity contribution is 0.318. The molecule has 0 aliphatic carbocycles. The van der Waals surface area contributed by atoms with Gasteiger partial charge in [0, 0.05) is 18.1 Å². The van der Waals surface area contributed by atoms with Crippen LogP contribution in [-0.2, 0) is 0 Å². The Hall–Kier alpha value is -1.61. The SMILES string of the molecule is CCCNCCOc1cccc2ncccc12. The van der Waals surface area contributed by atoms with Crippen LogP contribution in [0.1, 0.15) is 13.3 Å². The van der Waals surface area contributed by atoms with Crippen molar-refractivity contribution < 1.29 is 4.74 Å². The Bertz CT molecular complexity index is 465. The zero-order valence-electron chi connectivity index (χ0n) is 10.1. The minimum atomic E-state index is 0.688. The molecular weight excluding hydrogens is 212 g/mol. The first-order valence-corrected chi connectivity index (χ1v) is 6.09. The molecule has 2 rings (SSSR count). The van der Waals surface area contributed by atoms with Gasteiger partial charge in [0.2, 0.25) is 0 Å². The Morgan fingerprint density at radius 1 is 1.18 bits per heavy atom. The van der Waals surface area contributed by atoms with Crippen LogP contribution in [0.25, 0.3) is 10.9 Å². The van der Waals surface area contributed by atoms with E-state index in [0.717, 1.165) is 36.2 Å². The average molecular weight is 230 g/mol. The molecule has 0 fully saturated rings. The Morgan fingerprint density at radius 3 is 3.00 bits per heavy atom. The van der Waals surface area contributed by atoms with Crippen molar-refractivity contribution in [2.75, 3.05) is 19.7 Å². The summed E-state index contributed by atoms with van der Waals surface area (Å²) in [6.45, 7) is 4.77. The molecule has 0 spiro atoms. The van der Waals surface area contributed by atoms with Crippen molar-refractivity contribution in [1.82, 2.24) is 10.3 Å². The van der Waals surface area contributed by atoms with Gasteiger partial charge in [-0.3, -0.25) is 4.98 Å². The van der Waals surface area contributed by atoms with Gasteiger partial charge < -0.3 is 10.1 Å². The summed E-state index contributed by atoms with van der Waals surface area (Å²) in [7, 11) is 0. The molecule has 0 aliphatic rings. The van der Waals surface area contributed by atoms with Crippen molar-refractivity contribution in [2.24, 2.45) is 0 Å². The number of hydrogen-bond acceptors (Lipinski definition) is 3. The number of nitrogens with zero attached hydrogens (tertiary/aromatic N) is 1. The fourth-order valence-corrected chi connectivity index (χ4v) is 1.74. The maximum atomic E-state index is 5.76. The molecule has 0 aliphatic heterocycles. The lowest BCUT2D eigenvalue weighted by Gasteiger charge is -2.09. The van der Waals surface area contributed by atoms with E-state index in [1.165, 1.54) is 0 Å². The summed E-state index contributed by atoms with van der Waals surface area (Å²) in [5.41, 5.74) is 0.978. The van der Waals surface area contributed by atoms with Gasteiger partial charge in [0.1, 0.15) is 12.4 Å². The summed E-state index contributed by atoms with van der Waals surface area (Å²) in [5, 5.41) is 4.39. The summed E-state index contributed by atoms with van der Waals surface area (Å²) < 4.78 is 5.76. The molecule has 0 unspecified atom stereocenters. The van der Waals surface area contributed by atoms with Crippen LogP contribution in [0.5, 0.6) is 5.75 Å². The van der Waals surface area contributed by atoms with Crippen LogP contribution in [0.15, 0.2) is 36.5 Å². The Morgan fingerprint density at radius 2 is 2.12 bits per heavy atom. The number of rotatable bonds is 6. The molecule has 0 amide bonds. The van der Waals surface area contributed by atoms with Gasteiger partial charge in [0.25, 0.3) is 0 Å². The topological polar surface area (TPSA) is 34.1 Å². The van der Waals surface area contributed by atoms with Crippen LogP contribution < -0.4 is 10.1 Å². The Kier molecular flexibility index (Phi) is 4.33.